The molecule has 1 N–H and O–H groups in total. The number of hydrogen-bond donors (Lipinski definition) is 1. The summed E-state index contributed by atoms with van der Waals surface area (Å²) in [5, 5.41) is 9.46. The SMILES string of the molecule is COc1ccc([C@@H]2[C@H](Oc3ccc(O)cc3)C(=O)N2c2ccc(C)cc2)cc1. The van der Waals surface area contributed by atoms with Crippen molar-refractivity contribution in [3.63, 3.8) is 0 Å². The van der Waals surface area contributed by atoms with Crippen molar-refractivity contribution in [3.05, 3.63) is 83.9 Å². The van der Waals surface area contributed by atoms with Gasteiger partial charge in [0.05, 0.1) is 7.11 Å². The molecule has 3 aromatic carbocycles. The minimum Gasteiger partial charge on any atom is -0.508 e. The number of benzene rings is 3. The molecule has 1 amide bonds. The van der Waals surface area contributed by atoms with Gasteiger partial charge in [0.1, 0.15) is 23.3 Å². The van der Waals surface area contributed by atoms with Gasteiger partial charge in [0.25, 0.3) is 5.91 Å². The van der Waals surface area contributed by atoms with Crippen molar-refractivity contribution in [3.8, 4) is 17.2 Å². The van der Waals surface area contributed by atoms with Gasteiger partial charge in [-0.05, 0) is 61.0 Å². The Labute approximate surface area is 163 Å². The smallest absolute Gasteiger partial charge is 0.271 e. The number of methoxy groups -OCH3 is 1. The summed E-state index contributed by atoms with van der Waals surface area (Å²) in [4.78, 5) is 14.7. The van der Waals surface area contributed by atoms with E-state index >= 15 is 0 Å². The molecule has 0 unspecified atom stereocenters. The summed E-state index contributed by atoms with van der Waals surface area (Å²) in [6.45, 7) is 2.01. The fraction of sp³-hybridized carbons (Fsp3) is 0.174. The maximum atomic E-state index is 13.0. The zero-order valence-electron chi connectivity index (χ0n) is 15.7. The van der Waals surface area contributed by atoms with E-state index in [9.17, 15) is 9.90 Å². The highest BCUT2D eigenvalue weighted by Gasteiger charge is 2.51. The molecule has 0 radical (unpaired) electrons. The van der Waals surface area contributed by atoms with Gasteiger partial charge in [0.2, 0.25) is 6.10 Å². The van der Waals surface area contributed by atoms with Crippen LogP contribution in [0, 0.1) is 6.92 Å². The predicted octanol–water partition coefficient (Wildman–Crippen LogP) is 4.24. The van der Waals surface area contributed by atoms with E-state index in [1.807, 2.05) is 55.5 Å². The van der Waals surface area contributed by atoms with Crippen LogP contribution >= 0.6 is 0 Å². The van der Waals surface area contributed by atoms with Crippen molar-refractivity contribution < 1.29 is 19.4 Å². The van der Waals surface area contributed by atoms with Gasteiger partial charge in [-0.3, -0.25) is 9.69 Å². The zero-order valence-corrected chi connectivity index (χ0v) is 15.7. The van der Waals surface area contributed by atoms with Crippen LogP contribution in [-0.2, 0) is 4.79 Å². The summed E-state index contributed by atoms with van der Waals surface area (Å²) in [7, 11) is 1.62. The first-order chi connectivity index (χ1) is 13.6. The Morgan fingerprint density at radius 2 is 1.46 bits per heavy atom. The van der Waals surface area contributed by atoms with Crippen LogP contribution in [0.3, 0.4) is 0 Å². The van der Waals surface area contributed by atoms with Gasteiger partial charge in [-0.2, -0.15) is 0 Å². The lowest BCUT2D eigenvalue weighted by molar-refractivity contribution is -0.135. The minimum absolute atomic E-state index is 0.0993. The van der Waals surface area contributed by atoms with Crippen molar-refractivity contribution in [1.29, 1.82) is 0 Å². The molecule has 5 heteroatoms. The van der Waals surface area contributed by atoms with E-state index in [1.165, 1.54) is 0 Å². The van der Waals surface area contributed by atoms with Gasteiger partial charge in [-0.25, -0.2) is 0 Å². The number of phenols is 1. The van der Waals surface area contributed by atoms with Gasteiger partial charge in [-0.1, -0.05) is 29.8 Å². The van der Waals surface area contributed by atoms with Crippen molar-refractivity contribution in [2.75, 3.05) is 12.0 Å². The molecular formula is C23H21NO4. The number of ether oxygens (including phenoxy) is 2. The average molecular weight is 375 g/mol. The number of nitrogens with zero attached hydrogens (tertiary/aromatic N) is 1. The molecule has 0 aliphatic carbocycles. The topological polar surface area (TPSA) is 59.0 Å². The summed E-state index contributed by atoms with van der Waals surface area (Å²) in [5.41, 5.74) is 2.93. The number of aromatic hydroxyl groups is 1. The van der Waals surface area contributed by atoms with Crippen LogP contribution < -0.4 is 14.4 Å². The molecule has 5 nitrogen and oxygen atoms in total. The molecule has 3 aromatic rings. The number of rotatable bonds is 5. The van der Waals surface area contributed by atoms with Crippen LogP contribution in [0.25, 0.3) is 0 Å². The molecule has 0 spiro atoms. The van der Waals surface area contributed by atoms with Crippen LogP contribution in [0.15, 0.2) is 72.8 Å². The summed E-state index contributed by atoms with van der Waals surface area (Å²) < 4.78 is 11.2. The van der Waals surface area contributed by atoms with Gasteiger partial charge < -0.3 is 14.6 Å². The maximum absolute atomic E-state index is 13.0. The number of aryl methyl sites for hydroxylation is 1. The number of anilines is 1. The van der Waals surface area contributed by atoms with Crippen molar-refractivity contribution in [2.24, 2.45) is 0 Å². The third-order valence-corrected chi connectivity index (χ3v) is 4.92. The molecule has 2 atom stereocenters. The van der Waals surface area contributed by atoms with Crippen LogP contribution in [0.4, 0.5) is 5.69 Å². The van der Waals surface area contributed by atoms with E-state index < -0.39 is 6.10 Å². The summed E-state index contributed by atoms with van der Waals surface area (Å²) in [5.74, 6) is 1.35. The third kappa shape index (κ3) is 3.27. The average Bonchev–Trinajstić information content (AvgIpc) is 2.72. The van der Waals surface area contributed by atoms with E-state index in [2.05, 4.69) is 0 Å². The molecule has 0 aromatic heterocycles. The molecule has 1 aliphatic rings. The number of phenolic OH excluding ortho intramolecular Hbond substituents is 1. The lowest BCUT2D eigenvalue weighted by Gasteiger charge is -2.46. The Hall–Kier alpha value is -3.47. The number of hydrogen-bond acceptors (Lipinski definition) is 4. The molecule has 0 saturated carbocycles. The lowest BCUT2D eigenvalue weighted by atomic mass is 9.89. The second-order valence-electron chi connectivity index (χ2n) is 6.79. The Balaban J connectivity index is 1.67. The fourth-order valence-corrected chi connectivity index (χ4v) is 3.37. The Kier molecular flexibility index (Phi) is 4.65. The van der Waals surface area contributed by atoms with Gasteiger partial charge in [0, 0.05) is 5.69 Å². The Morgan fingerprint density at radius 1 is 0.857 bits per heavy atom. The normalized spacial score (nSPS) is 18.5. The van der Waals surface area contributed by atoms with E-state index in [-0.39, 0.29) is 17.7 Å². The first-order valence-corrected chi connectivity index (χ1v) is 9.06. The molecule has 1 fully saturated rings. The Morgan fingerprint density at radius 3 is 2.07 bits per heavy atom. The highest BCUT2D eigenvalue weighted by Crippen LogP contribution is 2.41. The van der Waals surface area contributed by atoms with Gasteiger partial charge in [0.15, 0.2) is 0 Å². The number of amides is 1. The zero-order chi connectivity index (χ0) is 19.7. The van der Waals surface area contributed by atoms with Crippen molar-refractivity contribution >= 4 is 11.6 Å². The van der Waals surface area contributed by atoms with Crippen LogP contribution in [-0.4, -0.2) is 24.2 Å². The van der Waals surface area contributed by atoms with Crippen molar-refractivity contribution in [1.82, 2.24) is 0 Å². The van der Waals surface area contributed by atoms with E-state index in [0.717, 1.165) is 22.6 Å². The lowest BCUT2D eigenvalue weighted by Crippen LogP contribution is -2.61. The highest BCUT2D eigenvalue weighted by atomic mass is 16.5. The molecule has 4 rings (SSSR count). The standard InChI is InChI=1S/C23H21NO4/c1-15-3-7-17(8-4-15)24-21(16-5-11-19(27-2)12-6-16)22(23(24)26)28-20-13-9-18(25)10-14-20/h3-14,21-22,25H,1-2H3/t21-,22+/m1/s1. The number of β-lactam (4-membered cyclic amide) rings is 1. The van der Waals surface area contributed by atoms with Crippen molar-refractivity contribution in [2.45, 2.75) is 19.1 Å². The Bertz CT molecular complexity index is 965. The summed E-state index contributed by atoms with van der Waals surface area (Å²) >= 11 is 0. The first-order valence-electron chi connectivity index (χ1n) is 9.06. The molecule has 0 bridgehead atoms. The monoisotopic (exact) mass is 375 g/mol. The predicted molar refractivity (Wildman–Crippen MR) is 107 cm³/mol. The number of carbonyl (C=O) groups is 1. The van der Waals surface area contributed by atoms with Crippen LogP contribution in [0.2, 0.25) is 0 Å². The molecular weight excluding hydrogens is 354 g/mol. The fourth-order valence-electron chi connectivity index (χ4n) is 3.37. The third-order valence-electron chi connectivity index (χ3n) is 4.92. The van der Waals surface area contributed by atoms with Crippen LogP contribution in [0.5, 0.6) is 17.2 Å². The minimum atomic E-state index is -0.640. The molecule has 1 heterocycles. The first kappa shape index (κ1) is 17.9. The van der Waals surface area contributed by atoms with Gasteiger partial charge >= 0.3 is 0 Å². The van der Waals surface area contributed by atoms with E-state index in [0.29, 0.717) is 5.75 Å². The molecule has 142 valence electrons. The van der Waals surface area contributed by atoms with E-state index in [1.54, 1.807) is 36.3 Å². The largest absolute Gasteiger partial charge is 0.508 e. The maximum Gasteiger partial charge on any atom is 0.271 e. The summed E-state index contributed by atoms with van der Waals surface area (Å²) in [6.07, 6.45) is -0.640. The molecule has 1 saturated heterocycles. The summed E-state index contributed by atoms with van der Waals surface area (Å²) in [6, 6.07) is 21.7. The van der Waals surface area contributed by atoms with Gasteiger partial charge in [-0.15, -0.1) is 0 Å². The number of carbonyl (C=O) groups excluding carboxylic acids is 1. The second kappa shape index (κ2) is 7.27. The van der Waals surface area contributed by atoms with Crippen LogP contribution in [0.1, 0.15) is 17.2 Å². The molecule has 1 aliphatic heterocycles. The molecule has 28 heavy (non-hydrogen) atoms. The quantitative estimate of drug-likeness (QED) is 0.678. The highest BCUT2D eigenvalue weighted by molar-refractivity contribution is 6.05. The van der Waals surface area contributed by atoms with E-state index in [4.69, 9.17) is 9.47 Å². The second-order valence-corrected chi connectivity index (χ2v) is 6.79.